The molecule has 0 radical (unpaired) electrons. The van der Waals surface area contributed by atoms with E-state index in [2.05, 4.69) is 61.7 Å². The Morgan fingerprint density at radius 3 is 2.12 bits per heavy atom. The second kappa shape index (κ2) is 8.60. The van der Waals surface area contributed by atoms with Gasteiger partial charge in [0, 0.05) is 12.5 Å². The molecule has 1 unspecified atom stereocenters. The highest BCUT2D eigenvalue weighted by atomic mass is 32.1. The fourth-order valence-corrected chi connectivity index (χ4v) is 2.56. The maximum atomic E-state index is 4.51. The summed E-state index contributed by atoms with van der Waals surface area (Å²) in [5.41, 5.74) is 1.42. The van der Waals surface area contributed by atoms with E-state index in [1.165, 1.54) is 31.5 Å². The molecule has 0 heterocycles. The van der Waals surface area contributed by atoms with Gasteiger partial charge in [-0.05, 0) is 37.2 Å². The lowest BCUT2D eigenvalue weighted by Gasteiger charge is -2.26. The minimum atomic E-state index is 0.553. The van der Waals surface area contributed by atoms with E-state index in [9.17, 15) is 0 Å². The number of rotatable bonds is 8. The van der Waals surface area contributed by atoms with E-state index >= 15 is 0 Å². The zero-order valence-electron chi connectivity index (χ0n) is 11.1. The lowest BCUT2D eigenvalue weighted by molar-refractivity contribution is 0.263. The third-order valence-corrected chi connectivity index (χ3v) is 3.49. The molecule has 96 valence electrons. The zero-order chi connectivity index (χ0) is 12.5. The summed E-state index contributed by atoms with van der Waals surface area (Å²) in [7, 11) is 0. The van der Waals surface area contributed by atoms with Gasteiger partial charge in [0.15, 0.2) is 0 Å². The molecule has 0 aromatic heterocycles. The van der Waals surface area contributed by atoms with Crippen LogP contribution < -0.4 is 0 Å². The smallest absolute Gasteiger partial charge is 0.00581 e. The summed E-state index contributed by atoms with van der Waals surface area (Å²) in [5, 5.41) is 0. The number of hydrogen-bond donors (Lipinski definition) is 1. The molecule has 1 aromatic rings. The third kappa shape index (κ3) is 5.13. The summed E-state index contributed by atoms with van der Waals surface area (Å²) in [6.07, 6.45) is 2.46. The van der Waals surface area contributed by atoms with Crippen LogP contribution in [0.2, 0.25) is 0 Å². The van der Waals surface area contributed by atoms with Gasteiger partial charge >= 0.3 is 0 Å². The molecule has 0 N–H and O–H groups in total. The molecule has 0 saturated carbocycles. The maximum Gasteiger partial charge on any atom is 0.00581 e. The summed E-state index contributed by atoms with van der Waals surface area (Å²) < 4.78 is 0. The van der Waals surface area contributed by atoms with E-state index in [0.29, 0.717) is 5.92 Å². The van der Waals surface area contributed by atoms with Crippen LogP contribution in [0.4, 0.5) is 0 Å². The van der Waals surface area contributed by atoms with Gasteiger partial charge < -0.3 is 4.90 Å². The quantitative estimate of drug-likeness (QED) is 0.687. The Kier molecular flexibility index (Phi) is 7.38. The van der Waals surface area contributed by atoms with Crippen molar-refractivity contribution in [3.05, 3.63) is 35.9 Å². The highest BCUT2D eigenvalue weighted by Crippen LogP contribution is 2.18. The van der Waals surface area contributed by atoms with Crippen LogP contribution in [0, 0.1) is 0 Å². The molecule has 0 saturated heterocycles. The first kappa shape index (κ1) is 14.6. The van der Waals surface area contributed by atoms with Gasteiger partial charge in [-0.25, -0.2) is 0 Å². The number of benzene rings is 1. The first-order chi connectivity index (χ1) is 8.31. The Morgan fingerprint density at radius 1 is 1.06 bits per heavy atom. The largest absolute Gasteiger partial charge is 0.303 e. The van der Waals surface area contributed by atoms with Gasteiger partial charge in [0.1, 0.15) is 0 Å². The average Bonchev–Trinajstić information content (AvgIpc) is 2.37. The summed E-state index contributed by atoms with van der Waals surface area (Å²) in [4.78, 5) is 2.56. The summed E-state index contributed by atoms with van der Waals surface area (Å²) >= 11 is 4.51. The third-order valence-electron chi connectivity index (χ3n) is 3.05. The Balaban J connectivity index is 2.61. The van der Waals surface area contributed by atoms with Crippen molar-refractivity contribution in [2.45, 2.75) is 32.6 Å². The number of thiol groups is 1. The summed E-state index contributed by atoms with van der Waals surface area (Å²) in [6, 6.07) is 10.8. The fourth-order valence-electron chi connectivity index (χ4n) is 2.23. The van der Waals surface area contributed by atoms with Crippen LogP contribution in [0.15, 0.2) is 30.3 Å². The fraction of sp³-hybridized carbons (Fsp3) is 0.600. The van der Waals surface area contributed by atoms with Crippen LogP contribution in [0.5, 0.6) is 0 Å². The Bertz CT molecular complexity index is 280. The number of nitrogens with zero attached hydrogens (tertiary/aromatic N) is 1. The van der Waals surface area contributed by atoms with E-state index in [1.54, 1.807) is 0 Å². The second-order valence-electron chi connectivity index (χ2n) is 4.59. The van der Waals surface area contributed by atoms with E-state index in [1.807, 2.05) is 0 Å². The van der Waals surface area contributed by atoms with E-state index in [-0.39, 0.29) is 0 Å². The molecule has 1 atom stereocenters. The molecule has 17 heavy (non-hydrogen) atoms. The van der Waals surface area contributed by atoms with Crippen molar-refractivity contribution < 1.29 is 0 Å². The highest BCUT2D eigenvalue weighted by molar-refractivity contribution is 7.80. The van der Waals surface area contributed by atoms with Gasteiger partial charge in [0.2, 0.25) is 0 Å². The molecule has 0 fully saturated rings. The minimum absolute atomic E-state index is 0.553. The first-order valence-electron chi connectivity index (χ1n) is 6.69. The molecule has 0 aliphatic heterocycles. The minimum Gasteiger partial charge on any atom is -0.303 e. The molecule has 2 heteroatoms. The van der Waals surface area contributed by atoms with Crippen LogP contribution in [0.25, 0.3) is 0 Å². The average molecular weight is 251 g/mol. The predicted octanol–water partition coefficient (Wildman–Crippen LogP) is 3.82. The molecule has 0 bridgehead atoms. The Labute approximate surface area is 112 Å². The highest BCUT2D eigenvalue weighted by Gasteiger charge is 2.13. The van der Waals surface area contributed by atoms with Crippen LogP contribution >= 0.6 is 12.6 Å². The van der Waals surface area contributed by atoms with Gasteiger partial charge in [-0.2, -0.15) is 12.6 Å². The predicted molar refractivity (Wildman–Crippen MR) is 80.1 cm³/mol. The molecule has 0 aliphatic rings. The van der Waals surface area contributed by atoms with Crippen LogP contribution in [0.3, 0.4) is 0 Å². The van der Waals surface area contributed by atoms with Crippen molar-refractivity contribution in [1.82, 2.24) is 4.90 Å². The van der Waals surface area contributed by atoms with Crippen LogP contribution in [0.1, 0.15) is 38.2 Å². The Hall–Kier alpha value is -0.470. The normalized spacial score (nSPS) is 12.9. The first-order valence-corrected chi connectivity index (χ1v) is 7.33. The molecular weight excluding hydrogens is 226 g/mol. The van der Waals surface area contributed by atoms with Gasteiger partial charge in [-0.3, -0.25) is 0 Å². The molecule has 1 nitrogen and oxygen atoms in total. The van der Waals surface area contributed by atoms with Gasteiger partial charge in [-0.1, -0.05) is 44.2 Å². The number of hydrogen-bond acceptors (Lipinski definition) is 2. The molecule has 1 rings (SSSR count). The van der Waals surface area contributed by atoms with Crippen molar-refractivity contribution in [1.29, 1.82) is 0 Å². The lowest BCUT2D eigenvalue weighted by atomic mass is 10.0. The molecular formula is C15H25NS. The molecule has 0 amide bonds. The van der Waals surface area contributed by atoms with Crippen molar-refractivity contribution in [2.75, 3.05) is 25.4 Å². The van der Waals surface area contributed by atoms with Crippen molar-refractivity contribution in [2.24, 2.45) is 0 Å². The van der Waals surface area contributed by atoms with Crippen molar-refractivity contribution >= 4 is 12.6 Å². The van der Waals surface area contributed by atoms with Crippen molar-refractivity contribution in [3.8, 4) is 0 Å². The summed E-state index contributed by atoms with van der Waals surface area (Å²) in [5.74, 6) is 1.48. The van der Waals surface area contributed by atoms with Gasteiger partial charge in [0.25, 0.3) is 0 Å². The topological polar surface area (TPSA) is 3.24 Å². The molecule has 0 spiro atoms. The van der Waals surface area contributed by atoms with Crippen LogP contribution in [-0.2, 0) is 0 Å². The second-order valence-corrected chi connectivity index (χ2v) is 4.96. The van der Waals surface area contributed by atoms with E-state index in [0.717, 1.165) is 12.3 Å². The zero-order valence-corrected chi connectivity index (χ0v) is 12.0. The lowest BCUT2D eigenvalue weighted by Crippen LogP contribution is -2.31. The van der Waals surface area contributed by atoms with Gasteiger partial charge in [-0.15, -0.1) is 0 Å². The monoisotopic (exact) mass is 251 g/mol. The van der Waals surface area contributed by atoms with Crippen LogP contribution in [-0.4, -0.2) is 30.3 Å². The standard InChI is InChI=1S/C15H25NS/c1-3-10-16(11-4-2)12-15(13-17)14-8-6-5-7-9-14/h5-9,15,17H,3-4,10-13H2,1-2H3. The molecule has 1 aromatic carbocycles. The SMILES string of the molecule is CCCN(CCC)CC(CS)c1ccccc1. The van der Waals surface area contributed by atoms with E-state index in [4.69, 9.17) is 0 Å². The molecule has 0 aliphatic carbocycles. The summed E-state index contributed by atoms with van der Waals surface area (Å²) in [6.45, 7) is 8.03. The maximum absolute atomic E-state index is 4.51. The van der Waals surface area contributed by atoms with Crippen molar-refractivity contribution in [3.63, 3.8) is 0 Å². The Morgan fingerprint density at radius 2 is 1.65 bits per heavy atom. The van der Waals surface area contributed by atoms with E-state index < -0.39 is 0 Å². The van der Waals surface area contributed by atoms with Gasteiger partial charge in [0.05, 0.1) is 0 Å².